The van der Waals surface area contributed by atoms with E-state index < -0.39 is 0 Å². The van der Waals surface area contributed by atoms with E-state index in [0.717, 1.165) is 35.5 Å². The van der Waals surface area contributed by atoms with Gasteiger partial charge in [-0.05, 0) is 63.1 Å². The molecule has 0 saturated heterocycles. The molecular formula is C25H33N5O. The molecule has 0 aliphatic heterocycles. The summed E-state index contributed by atoms with van der Waals surface area (Å²) in [6.45, 7) is 10.7. The van der Waals surface area contributed by atoms with Gasteiger partial charge in [0, 0.05) is 24.7 Å². The Morgan fingerprint density at radius 3 is 2.55 bits per heavy atom. The topological polar surface area (TPSA) is 64.7 Å². The second kappa shape index (κ2) is 7.98. The number of nitrogens with one attached hydrogen (secondary N) is 1. The summed E-state index contributed by atoms with van der Waals surface area (Å²) in [6, 6.07) is 8.42. The predicted octanol–water partition coefficient (Wildman–Crippen LogP) is 4.29. The van der Waals surface area contributed by atoms with Gasteiger partial charge in [-0.1, -0.05) is 31.5 Å². The van der Waals surface area contributed by atoms with Gasteiger partial charge < -0.3 is 5.32 Å². The fourth-order valence-electron chi connectivity index (χ4n) is 4.76. The molecule has 1 unspecified atom stereocenters. The molecule has 1 aromatic carbocycles. The molecule has 1 aliphatic carbocycles. The maximum atomic E-state index is 12.9. The largest absolute Gasteiger partial charge is 0.349 e. The van der Waals surface area contributed by atoms with Crippen molar-refractivity contribution in [1.29, 1.82) is 0 Å². The Morgan fingerprint density at radius 2 is 1.90 bits per heavy atom. The van der Waals surface area contributed by atoms with Gasteiger partial charge >= 0.3 is 0 Å². The number of hydrogen-bond donors (Lipinski definition) is 1. The number of fused-ring (bicyclic) bond motifs is 1. The molecule has 2 aromatic heterocycles. The maximum Gasteiger partial charge on any atom is 0.220 e. The van der Waals surface area contributed by atoms with Crippen molar-refractivity contribution in [1.82, 2.24) is 24.9 Å². The molecule has 0 saturated carbocycles. The van der Waals surface area contributed by atoms with Crippen molar-refractivity contribution in [3.8, 4) is 5.69 Å². The molecular weight excluding hydrogens is 386 g/mol. The minimum atomic E-state index is -0.0125. The second-order valence-corrected chi connectivity index (χ2v) is 9.73. The first-order valence-corrected chi connectivity index (χ1v) is 11.1. The molecule has 6 nitrogen and oxygen atoms in total. The minimum Gasteiger partial charge on any atom is -0.349 e. The first kappa shape index (κ1) is 21.3. The lowest BCUT2D eigenvalue weighted by Gasteiger charge is -2.36. The molecule has 2 heterocycles. The summed E-state index contributed by atoms with van der Waals surface area (Å²) >= 11 is 0. The van der Waals surface area contributed by atoms with E-state index in [1.54, 1.807) is 0 Å². The molecule has 1 aliphatic rings. The zero-order valence-corrected chi connectivity index (χ0v) is 19.5. The molecule has 6 heteroatoms. The summed E-state index contributed by atoms with van der Waals surface area (Å²) in [7, 11) is 1.95. The zero-order chi connectivity index (χ0) is 22.3. The van der Waals surface area contributed by atoms with Crippen LogP contribution in [0.25, 0.3) is 5.69 Å². The van der Waals surface area contributed by atoms with E-state index in [-0.39, 0.29) is 17.4 Å². The van der Waals surface area contributed by atoms with E-state index in [1.807, 2.05) is 29.5 Å². The van der Waals surface area contributed by atoms with Gasteiger partial charge in [0.25, 0.3) is 0 Å². The van der Waals surface area contributed by atoms with Crippen LogP contribution in [-0.2, 0) is 24.7 Å². The Labute approximate surface area is 184 Å². The average molecular weight is 420 g/mol. The second-order valence-electron chi connectivity index (χ2n) is 9.73. The molecule has 1 amide bonds. The lowest BCUT2D eigenvalue weighted by molar-refractivity contribution is -0.122. The van der Waals surface area contributed by atoms with E-state index in [2.05, 4.69) is 62.4 Å². The smallest absolute Gasteiger partial charge is 0.220 e. The summed E-state index contributed by atoms with van der Waals surface area (Å²) in [6.07, 6.45) is 4.96. The number of nitrogens with zero attached hydrogens (tertiary/aromatic N) is 4. The van der Waals surface area contributed by atoms with Gasteiger partial charge in [0.05, 0.1) is 29.3 Å². The van der Waals surface area contributed by atoms with Crippen LogP contribution >= 0.6 is 0 Å². The number of aryl methyl sites for hydroxylation is 3. The number of aromatic nitrogens is 4. The molecule has 4 rings (SSSR count). The molecule has 1 atom stereocenters. The van der Waals surface area contributed by atoms with E-state index in [9.17, 15) is 4.79 Å². The number of carbonyl (C=O) groups excluding carboxylic acids is 1. The van der Waals surface area contributed by atoms with Gasteiger partial charge in [-0.2, -0.15) is 10.2 Å². The first-order valence-electron chi connectivity index (χ1n) is 11.1. The van der Waals surface area contributed by atoms with Crippen LogP contribution in [0.15, 0.2) is 30.5 Å². The van der Waals surface area contributed by atoms with Crippen LogP contribution in [0.3, 0.4) is 0 Å². The molecule has 164 valence electrons. The maximum absolute atomic E-state index is 12.9. The van der Waals surface area contributed by atoms with Crippen molar-refractivity contribution in [3.05, 3.63) is 64.2 Å². The Bertz CT molecular complexity index is 1100. The van der Waals surface area contributed by atoms with Crippen molar-refractivity contribution in [2.24, 2.45) is 12.5 Å². The molecule has 0 fully saturated rings. The molecule has 0 spiro atoms. The summed E-state index contributed by atoms with van der Waals surface area (Å²) in [5, 5.41) is 12.5. The Kier molecular flexibility index (Phi) is 5.50. The number of rotatable bonds is 5. The standard InChI is InChI=1S/C25H33N5O/c1-16-7-9-19(10-8-16)30-23-14-25(4,5)13-22(21(23)15-26-30)27-24(31)12-11-20-17(2)28-29(6)18(20)3/h7-10,15,22H,11-14H2,1-6H3,(H,27,31). The highest BCUT2D eigenvalue weighted by molar-refractivity contribution is 5.77. The van der Waals surface area contributed by atoms with Crippen LogP contribution < -0.4 is 5.32 Å². The third-order valence-electron chi connectivity index (χ3n) is 6.55. The lowest BCUT2D eigenvalue weighted by atomic mass is 9.74. The van der Waals surface area contributed by atoms with Crippen LogP contribution in [0, 0.1) is 26.2 Å². The molecule has 31 heavy (non-hydrogen) atoms. The number of benzene rings is 1. The van der Waals surface area contributed by atoms with Crippen LogP contribution in [0.1, 0.15) is 66.5 Å². The van der Waals surface area contributed by atoms with E-state index in [4.69, 9.17) is 5.10 Å². The van der Waals surface area contributed by atoms with Gasteiger partial charge in [-0.3, -0.25) is 9.48 Å². The minimum absolute atomic E-state index is 0.0125. The first-order chi connectivity index (χ1) is 14.6. The van der Waals surface area contributed by atoms with Gasteiger partial charge in [0.1, 0.15) is 0 Å². The number of amides is 1. The lowest BCUT2D eigenvalue weighted by Crippen LogP contribution is -2.36. The summed E-state index contributed by atoms with van der Waals surface area (Å²) in [5.41, 5.74) is 8.04. The van der Waals surface area contributed by atoms with Gasteiger partial charge in [0.2, 0.25) is 5.91 Å². The zero-order valence-electron chi connectivity index (χ0n) is 19.5. The monoisotopic (exact) mass is 419 g/mol. The fourth-order valence-corrected chi connectivity index (χ4v) is 4.76. The van der Waals surface area contributed by atoms with Crippen molar-refractivity contribution in [2.75, 3.05) is 0 Å². The van der Waals surface area contributed by atoms with Crippen LogP contribution in [0.5, 0.6) is 0 Å². The third-order valence-corrected chi connectivity index (χ3v) is 6.55. The van der Waals surface area contributed by atoms with Crippen LogP contribution in [0.2, 0.25) is 0 Å². The van der Waals surface area contributed by atoms with Crippen molar-refractivity contribution < 1.29 is 4.79 Å². The Hall–Kier alpha value is -2.89. The highest BCUT2D eigenvalue weighted by Crippen LogP contribution is 2.41. The SMILES string of the molecule is Cc1ccc(-n2ncc3c2CC(C)(C)CC3NC(=O)CCc2c(C)nn(C)c2C)cc1. The summed E-state index contributed by atoms with van der Waals surface area (Å²) in [4.78, 5) is 12.9. The van der Waals surface area contributed by atoms with Crippen molar-refractivity contribution in [3.63, 3.8) is 0 Å². The van der Waals surface area contributed by atoms with Crippen LogP contribution in [0.4, 0.5) is 0 Å². The molecule has 1 N–H and O–H groups in total. The van der Waals surface area contributed by atoms with Gasteiger partial charge in [-0.15, -0.1) is 0 Å². The van der Waals surface area contributed by atoms with Gasteiger partial charge in [-0.25, -0.2) is 4.68 Å². The van der Waals surface area contributed by atoms with Gasteiger partial charge in [0.15, 0.2) is 0 Å². The highest BCUT2D eigenvalue weighted by atomic mass is 16.1. The normalized spacial score (nSPS) is 17.4. The number of hydrogen-bond acceptors (Lipinski definition) is 3. The number of carbonyl (C=O) groups is 1. The quantitative estimate of drug-likeness (QED) is 0.671. The van der Waals surface area contributed by atoms with E-state index in [0.29, 0.717) is 12.8 Å². The predicted molar refractivity (Wildman–Crippen MR) is 122 cm³/mol. The van der Waals surface area contributed by atoms with Crippen molar-refractivity contribution in [2.45, 2.75) is 66.3 Å². The molecule has 0 bridgehead atoms. The third kappa shape index (κ3) is 4.29. The van der Waals surface area contributed by atoms with Crippen LogP contribution in [-0.4, -0.2) is 25.5 Å². The molecule has 0 radical (unpaired) electrons. The highest BCUT2D eigenvalue weighted by Gasteiger charge is 2.36. The average Bonchev–Trinajstić information content (AvgIpc) is 3.21. The fraction of sp³-hybridized carbons (Fsp3) is 0.480. The van der Waals surface area contributed by atoms with Crippen molar-refractivity contribution >= 4 is 5.91 Å². The van der Waals surface area contributed by atoms with E-state index in [1.165, 1.54) is 16.8 Å². The van der Waals surface area contributed by atoms with E-state index >= 15 is 0 Å². The summed E-state index contributed by atoms with van der Waals surface area (Å²) < 4.78 is 3.93. The summed E-state index contributed by atoms with van der Waals surface area (Å²) in [5.74, 6) is 0.0828. The molecule has 3 aromatic rings. The Morgan fingerprint density at radius 1 is 1.19 bits per heavy atom. The Balaban J connectivity index is 1.53.